The fraction of sp³-hybridized carbons (Fsp3) is 0.0769. The largest absolute Gasteiger partial charge is 0.319 e. The number of benzene rings is 1. The molecule has 0 saturated carbocycles. The number of halogens is 2. The molecule has 0 saturated heterocycles. The fourth-order valence-corrected chi connectivity index (χ4v) is 1.69. The zero-order valence-electron chi connectivity index (χ0n) is 9.58. The number of anilines is 1. The van der Waals surface area contributed by atoms with Crippen molar-refractivity contribution in [2.24, 2.45) is 0 Å². The van der Waals surface area contributed by atoms with E-state index in [1.165, 1.54) is 24.5 Å². The van der Waals surface area contributed by atoms with Gasteiger partial charge in [-0.2, -0.15) is 0 Å². The van der Waals surface area contributed by atoms with Crippen molar-refractivity contribution in [3.05, 3.63) is 58.6 Å². The number of aromatic nitrogens is 1. The van der Waals surface area contributed by atoms with Crippen LogP contribution in [-0.4, -0.2) is 10.9 Å². The Hall–Kier alpha value is -1.94. The molecule has 3 nitrogen and oxygen atoms in total. The fourth-order valence-electron chi connectivity index (χ4n) is 1.48. The van der Waals surface area contributed by atoms with Gasteiger partial charge in [-0.25, -0.2) is 4.39 Å². The van der Waals surface area contributed by atoms with Gasteiger partial charge in [-0.1, -0.05) is 17.7 Å². The van der Waals surface area contributed by atoms with Gasteiger partial charge in [0.25, 0.3) is 5.91 Å². The molecule has 92 valence electrons. The van der Waals surface area contributed by atoms with Crippen molar-refractivity contribution < 1.29 is 9.18 Å². The lowest BCUT2D eigenvalue weighted by Gasteiger charge is -2.08. The van der Waals surface area contributed by atoms with Crippen LogP contribution in [0.3, 0.4) is 0 Å². The molecule has 1 N–H and O–H groups in total. The summed E-state index contributed by atoms with van der Waals surface area (Å²) in [4.78, 5) is 15.7. The standard InChI is InChI=1S/C13H10ClFN2O/c1-8-2-3-11(15)12(6-8)17-13(18)9-4-5-16-7-10(9)14/h2-7H,1H3,(H,17,18). The highest BCUT2D eigenvalue weighted by Crippen LogP contribution is 2.19. The molecule has 5 heteroatoms. The van der Waals surface area contributed by atoms with E-state index in [1.54, 1.807) is 12.1 Å². The van der Waals surface area contributed by atoms with Crippen molar-refractivity contribution in [2.45, 2.75) is 6.92 Å². The molecule has 2 aromatic rings. The summed E-state index contributed by atoms with van der Waals surface area (Å²) >= 11 is 5.84. The number of hydrogen-bond acceptors (Lipinski definition) is 2. The maximum absolute atomic E-state index is 13.5. The SMILES string of the molecule is Cc1ccc(F)c(NC(=O)c2ccncc2Cl)c1. The van der Waals surface area contributed by atoms with E-state index in [1.807, 2.05) is 6.92 Å². The summed E-state index contributed by atoms with van der Waals surface area (Å²) in [6.45, 7) is 1.81. The second-order valence-electron chi connectivity index (χ2n) is 3.79. The quantitative estimate of drug-likeness (QED) is 0.903. The highest BCUT2D eigenvalue weighted by Gasteiger charge is 2.12. The molecule has 0 radical (unpaired) electrons. The molecule has 0 bridgehead atoms. The molecule has 1 aromatic carbocycles. The molecule has 0 spiro atoms. The van der Waals surface area contributed by atoms with Gasteiger partial charge in [0.2, 0.25) is 0 Å². The van der Waals surface area contributed by atoms with Crippen LogP contribution >= 0.6 is 11.6 Å². The predicted molar refractivity (Wildman–Crippen MR) is 68.3 cm³/mol. The van der Waals surface area contributed by atoms with Crippen LogP contribution in [0.5, 0.6) is 0 Å². The first-order chi connectivity index (χ1) is 8.58. The maximum Gasteiger partial charge on any atom is 0.257 e. The highest BCUT2D eigenvalue weighted by atomic mass is 35.5. The number of carbonyl (C=O) groups is 1. The second kappa shape index (κ2) is 5.14. The first-order valence-electron chi connectivity index (χ1n) is 5.25. The Labute approximate surface area is 109 Å². The zero-order valence-corrected chi connectivity index (χ0v) is 10.3. The molecular formula is C13H10ClFN2O. The van der Waals surface area contributed by atoms with Crippen molar-refractivity contribution in [3.63, 3.8) is 0 Å². The van der Waals surface area contributed by atoms with Crippen LogP contribution in [0.4, 0.5) is 10.1 Å². The van der Waals surface area contributed by atoms with E-state index in [0.29, 0.717) is 0 Å². The Bertz CT molecular complexity index is 601. The van der Waals surface area contributed by atoms with Gasteiger partial charge < -0.3 is 5.32 Å². The Kier molecular flexibility index (Phi) is 3.58. The lowest BCUT2D eigenvalue weighted by atomic mass is 10.2. The minimum absolute atomic E-state index is 0.132. The summed E-state index contributed by atoms with van der Waals surface area (Å²) in [5, 5.41) is 2.71. The van der Waals surface area contributed by atoms with Crippen LogP contribution in [-0.2, 0) is 0 Å². The van der Waals surface area contributed by atoms with Crippen LogP contribution in [0.1, 0.15) is 15.9 Å². The van der Waals surface area contributed by atoms with Crippen LogP contribution in [0, 0.1) is 12.7 Å². The molecule has 2 rings (SSSR count). The molecule has 0 aliphatic heterocycles. The Morgan fingerprint density at radius 1 is 1.39 bits per heavy atom. The van der Waals surface area contributed by atoms with Crippen molar-refractivity contribution in [3.8, 4) is 0 Å². The molecule has 0 fully saturated rings. The molecule has 0 atom stereocenters. The van der Waals surface area contributed by atoms with Gasteiger partial charge in [0.15, 0.2) is 0 Å². The Balaban J connectivity index is 2.27. The third-order valence-electron chi connectivity index (χ3n) is 2.39. The van der Waals surface area contributed by atoms with Gasteiger partial charge in [0.05, 0.1) is 16.3 Å². The van der Waals surface area contributed by atoms with Gasteiger partial charge in [-0.05, 0) is 30.7 Å². The lowest BCUT2D eigenvalue weighted by molar-refractivity contribution is 0.102. The van der Waals surface area contributed by atoms with Crippen LogP contribution in [0.2, 0.25) is 5.02 Å². The Morgan fingerprint density at radius 3 is 2.89 bits per heavy atom. The molecule has 1 heterocycles. The summed E-state index contributed by atoms with van der Waals surface area (Å²) < 4.78 is 13.5. The number of hydrogen-bond donors (Lipinski definition) is 1. The number of aryl methyl sites for hydroxylation is 1. The van der Waals surface area contributed by atoms with Crippen LogP contribution in [0.25, 0.3) is 0 Å². The van der Waals surface area contributed by atoms with E-state index in [9.17, 15) is 9.18 Å². The molecule has 0 unspecified atom stereocenters. The number of nitrogens with one attached hydrogen (secondary N) is 1. The number of carbonyl (C=O) groups excluding carboxylic acids is 1. The number of amides is 1. The average Bonchev–Trinajstić information content (AvgIpc) is 2.34. The normalized spacial score (nSPS) is 10.2. The zero-order chi connectivity index (χ0) is 13.1. The summed E-state index contributed by atoms with van der Waals surface area (Å²) in [5.74, 6) is -0.953. The van der Waals surface area contributed by atoms with Crippen molar-refractivity contribution in [1.82, 2.24) is 4.98 Å². The first-order valence-corrected chi connectivity index (χ1v) is 5.63. The molecule has 1 aromatic heterocycles. The van der Waals surface area contributed by atoms with Gasteiger partial charge >= 0.3 is 0 Å². The second-order valence-corrected chi connectivity index (χ2v) is 4.20. The minimum Gasteiger partial charge on any atom is -0.319 e. The van der Waals surface area contributed by atoms with Crippen molar-refractivity contribution in [2.75, 3.05) is 5.32 Å². The highest BCUT2D eigenvalue weighted by molar-refractivity contribution is 6.34. The van der Waals surface area contributed by atoms with Gasteiger partial charge in [-0.3, -0.25) is 9.78 Å². The third kappa shape index (κ3) is 2.65. The van der Waals surface area contributed by atoms with Gasteiger partial charge in [0.1, 0.15) is 5.82 Å². The number of nitrogens with zero attached hydrogens (tertiary/aromatic N) is 1. The summed E-state index contributed by atoms with van der Waals surface area (Å²) in [7, 11) is 0. The minimum atomic E-state index is -0.487. The smallest absolute Gasteiger partial charge is 0.257 e. The molecule has 0 aliphatic rings. The third-order valence-corrected chi connectivity index (χ3v) is 2.69. The molecule has 0 aliphatic carbocycles. The average molecular weight is 265 g/mol. The van der Waals surface area contributed by atoms with E-state index < -0.39 is 11.7 Å². The van der Waals surface area contributed by atoms with Gasteiger partial charge in [0, 0.05) is 12.4 Å². The summed E-state index contributed by atoms with van der Waals surface area (Å²) in [5.41, 5.74) is 1.24. The monoisotopic (exact) mass is 264 g/mol. The summed E-state index contributed by atoms with van der Waals surface area (Å²) in [6.07, 6.45) is 2.82. The van der Waals surface area contributed by atoms with E-state index in [4.69, 9.17) is 11.6 Å². The molecule has 1 amide bonds. The van der Waals surface area contributed by atoms with Crippen LogP contribution in [0.15, 0.2) is 36.7 Å². The van der Waals surface area contributed by atoms with Crippen molar-refractivity contribution >= 4 is 23.2 Å². The number of pyridine rings is 1. The van der Waals surface area contributed by atoms with Crippen LogP contribution < -0.4 is 5.32 Å². The molecule has 18 heavy (non-hydrogen) atoms. The topological polar surface area (TPSA) is 42.0 Å². The lowest BCUT2D eigenvalue weighted by Crippen LogP contribution is -2.13. The molecular weight excluding hydrogens is 255 g/mol. The number of rotatable bonds is 2. The van der Waals surface area contributed by atoms with E-state index >= 15 is 0 Å². The van der Waals surface area contributed by atoms with Crippen molar-refractivity contribution in [1.29, 1.82) is 0 Å². The van der Waals surface area contributed by atoms with E-state index in [-0.39, 0.29) is 16.3 Å². The van der Waals surface area contributed by atoms with E-state index in [2.05, 4.69) is 10.3 Å². The van der Waals surface area contributed by atoms with E-state index in [0.717, 1.165) is 5.56 Å². The maximum atomic E-state index is 13.5. The Morgan fingerprint density at radius 2 is 2.17 bits per heavy atom. The first kappa shape index (κ1) is 12.5. The predicted octanol–water partition coefficient (Wildman–Crippen LogP) is 3.43. The van der Waals surface area contributed by atoms with Gasteiger partial charge in [-0.15, -0.1) is 0 Å². The summed E-state index contributed by atoms with van der Waals surface area (Å²) in [6, 6.07) is 5.97.